The summed E-state index contributed by atoms with van der Waals surface area (Å²) in [6.45, 7) is 0. The Morgan fingerprint density at radius 3 is 2.61 bits per heavy atom. The lowest BCUT2D eigenvalue weighted by atomic mass is 9.98. The molecular weight excluding hydrogens is 302 g/mol. The van der Waals surface area contributed by atoms with Crippen LogP contribution in [-0.2, 0) is 16.0 Å². The van der Waals surface area contributed by atoms with Gasteiger partial charge in [0, 0.05) is 6.42 Å². The Morgan fingerprint density at radius 2 is 2.11 bits per heavy atom. The van der Waals surface area contributed by atoms with Crippen LogP contribution in [0.4, 0.5) is 0 Å². The highest BCUT2D eigenvalue weighted by atomic mass is 79.9. The second-order valence-electron chi connectivity index (χ2n) is 3.62. The number of carboxylic acids is 1. The molecule has 94 valence electrons. The van der Waals surface area contributed by atoms with Gasteiger partial charge in [0.2, 0.25) is 0 Å². The van der Waals surface area contributed by atoms with Gasteiger partial charge in [-0.15, -0.1) is 0 Å². The second-order valence-corrected chi connectivity index (χ2v) is 4.18. The molecule has 1 aromatic rings. The number of nitrogens with zero attached hydrogens (tertiary/aromatic N) is 1. The van der Waals surface area contributed by atoms with Crippen molar-refractivity contribution in [1.29, 1.82) is 5.26 Å². The van der Waals surface area contributed by atoms with Crippen LogP contribution in [0.25, 0.3) is 0 Å². The number of aliphatic hydroxyl groups is 1. The number of hydrogen-bond donors (Lipinski definition) is 2. The maximum absolute atomic E-state index is 11.3. The fourth-order valence-electron chi connectivity index (χ4n) is 1.44. The van der Waals surface area contributed by atoms with E-state index in [2.05, 4.69) is 15.9 Å². The van der Waals surface area contributed by atoms with Gasteiger partial charge in [-0.05, 0) is 17.2 Å². The van der Waals surface area contributed by atoms with Crippen molar-refractivity contribution in [2.45, 2.75) is 12.5 Å². The standard InChI is InChI=1S/C12H10BrNO4/c13-5-10(15)4-9-3-7(11(16)12(17)18)1-2-8(9)6-14/h1-3,11,16H,4-5H2,(H,17,18). The smallest absolute Gasteiger partial charge is 0.337 e. The van der Waals surface area contributed by atoms with Crippen LogP contribution >= 0.6 is 15.9 Å². The first-order valence-electron chi connectivity index (χ1n) is 5.01. The molecule has 0 aliphatic carbocycles. The van der Waals surface area contributed by atoms with Crippen LogP contribution in [0.1, 0.15) is 22.8 Å². The summed E-state index contributed by atoms with van der Waals surface area (Å²) in [4.78, 5) is 22.0. The fourth-order valence-corrected chi connectivity index (χ4v) is 1.64. The summed E-state index contributed by atoms with van der Waals surface area (Å²) >= 11 is 3.01. The number of benzene rings is 1. The number of carbonyl (C=O) groups excluding carboxylic acids is 1. The van der Waals surface area contributed by atoms with E-state index in [1.165, 1.54) is 18.2 Å². The Morgan fingerprint density at radius 1 is 1.44 bits per heavy atom. The van der Waals surface area contributed by atoms with Gasteiger partial charge < -0.3 is 10.2 Å². The monoisotopic (exact) mass is 311 g/mol. The highest BCUT2D eigenvalue weighted by Gasteiger charge is 2.18. The Labute approximate surface area is 112 Å². The number of carboxylic acid groups (broad SMARTS) is 1. The molecule has 1 unspecified atom stereocenters. The Balaban J connectivity index is 3.14. The molecule has 0 aliphatic rings. The van der Waals surface area contributed by atoms with Gasteiger partial charge in [-0.1, -0.05) is 28.1 Å². The average Bonchev–Trinajstić information content (AvgIpc) is 2.37. The Hall–Kier alpha value is -1.71. The summed E-state index contributed by atoms with van der Waals surface area (Å²) in [6, 6.07) is 6.06. The summed E-state index contributed by atoms with van der Waals surface area (Å²) in [5, 5.41) is 27.1. The van der Waals surface area contributed by atoms with E-state index in [1.807, 2.05) is 6.07 Å². The van der Waals surface area contributed by atoms with E-state index < -0.39 is 12.1 Å². The molecule has 0 fully saturated rings. The maximum Gasteiger partial charge on any atom is 0.337 e. The van der Waals surface area contributed by atoms with Gasteiger partial charge >= 0.3 is 5.97 Å². The second kappa shape index (κ2) is 6.28. The molecule has 0 saturated heterocycles. The number of hydrogen-bond acceptors (Lipinski definition) is 4. The van der Waals surface area contributed by atoms with Gasteiger partial charge in [-0.3, -0.25) is 4.79 Å². The first-order valence-corrected chi connectivity index (χ1v) is 6.13. The molecule has 0 amide bonds. The topological polar surface area (TPSA) is 98.4 Å². The van der Waals surface area contributed by atoms with Crippen molar-refractivity contribution in [3.05, 3.63) is 34.9 Å². The van der Waals surface area contributed by atoms with Crippen molar-refractivity contribution < 1.29 is 19.8 Å². The first-order chi connectivity index (χ1) is 8.49. The molecule has 0 aromatic heterocycles. The highest BCUT2D eigenvalue weighted by Crippen LogP contribution is 2.19. The van der Waals surface area contributed by atoms with E-state index >= 15 is 0 Å². The number of aliphatic hydroxyl groups excluding tert-OH is 1. The normalized spacial score (nSPS) is 11.6. The number of aliphatic carboxylic acids is 1. The number of ketones is 1. The first kappa shape index (κ1) is 14.4. The van der Waals surface area contributed by atoms with Gasteiger partial charge in [0.05, 0.1) is 17.0 Å². The predicted octanol–water partition coefficient (Wildman–Crippen LogP) is 1.18. The van der Waals surface area contributed by atoms with Crippen molar-refractivity contribution in [3.63, 3.8) is 0 Å². The summed E-state index contributed by atoms with van der Waals surface area (Å²) in [5.74, 6) is -1.51. The minimum atomic E-state index is -1.66. The molecule has 1 rings (SSSR count). The van der Waals surface area contributed by atoms with Crippen LogP contribution in [0.5, 0.6) is 0 Å². The highest BCUT2D eigenvalue weighted by molar-refractivity contribution is 9.09. The van der Waals surface area contributed by atoms with Gasteiger partial charge in [0.25, 0.3) is 0 Å². The lowest BCUT2D eigenvalue weighted by Crippen LogP contribution is -2.12. The molecule has 0 heterocycles. The van der Waals surface area contributed by atoms with Crippen LogP contribution in [0, 0.1) is 11.3 Å². The summed E-state index contributed by atoms with van der Waals surface area (Å²) in [7, 11) is 0. The lowest BCUT2D eigenvalue weighted by molar-refractivity contribution is -0.146. The molecule has 1 atom stereocenters. The van der Waals surface area contributed by atoms with Crippen LogP contribution < -0.4 is 0 Å². The van der Waals surface area contributed by atoms with Crippen LogP contribution in [0.3, 0.4) is 0 Å². The van der Waals surface area contributed by atoms with E-state index in [9.17, 15) is 14.7 Å². The molecule has 18 heavy (non-hydrogen) atoms. The van der Waals surface area contributed by atoms with Crippen molar-refractivity contribution in [1.82, 2.24) is 0 Å². The van der Waals surface area contributed by atoms with Gasteiger partial charge in [-0.25, -0.2) is 4.79 Å². The fraction of sp³-hybridized carbons (Fsp3) is 0.250. The lowest BCUT2D eigenvalue weighted by Gasteiger charge is -2.09. The zero-order valence-corrected chi connectivity index (χ0v) is 10.8. The van der Waals surface area contributed by atoms with Crippen LogP contribution in [-0.4, -0.2) is 27.3 Å². The molecule has 0 spiro atoms. The Kier molecular flexibility index (Phi) is 5.01. The minimum Gasteiger partial charge on any atom is -0.479 e. The van der Waals surface area contributed by atoms with E-state index in [0.29, 0.717) is 11.1 Å². The molecule has 1 aromatic carbocycles. The number of alkyl halides is 1. The molecule has 2 N–H and O–H groups in total. The third-order valence-electron chi connectivity index (χ3n) is 2.34. The van der Waals surface area contributed by atoms with E-state index in [1.54, 1.807) is 0 Å². The third-order valence-corrected chi connectivity index (χ3v) is 2.96. The molecule has 0 aliphatic heterocycles. The number of carbonyl (C=O) groups is 2. The van der Waals surface area contributed by atoms with Crippen molar-refractivity contribution in [3.8, 4) is 6.07 Å². The largest absolute Gasteiger partial charge is 0.479 e. The molecule has 6 heteroatoms. The van der Waals surface area contributed by atoms with Crippen LogP contribution in [0.15, 0.2) is 18.2 Å². The number of halogens is 1. The van der Waals surface area contributed by atoms with Crippen molar-refractivity contribution in [2.75, 3.05) is 5.33 Å². The predicted molar refractivity (Wildman–Crippen MR) is 66.3 cm³/mol. The zero-order valence-electron chi connectivity index (χ0n) is 9.26. The maximum atomic E-state index is 11.3. The van der Waals surface area contributed by atoms with Gasteiger partial charge in [0.15, 0.2) is 6.10 Å². The Bertz CT molecular complexity index is 521. The molecule has 0 radical (unpaired) electrons. The number of Topliss-reactive ketones (excluding diaryl/α,β-unsaturated/α-hetero) is 1. The van der Waals surface area contributed by atoms with Gasteiger partial charge in [-0.2, -0.15) is 5.26 Å². The molecular formula is C12H10BrNO4. The third kappa shape index (κ3) is 3.39. The van der Waals surface area contributed by atoms with Gasteiger partial charge in [0.1, 0.15) is 5.78 Å². The summed E-state index contributed by atoms with van der Waals surface area (Å²) in [5.41, 5.74) is 0.865. The summed E-state index contributed by atoms with van der Waals surface area (Å²) in [6.07, 6.45) is -1.63. The zero-order chi connectivity index (χ0) is 13.7. The van der Waals surface area contributed by atoms with Crippen LogP contribution in [0.2, 0.25) is 0 Å². The number of nitriles is 1. The van der Waals surface area contributed by atoms with Crippen molar-refractivity contribution >= 4 is 27.7 Å². The van der Waals surface area contributed by atoms with E-state index in [-0.39, 0.29) is 23.1 Å². The SMILES string of the molecule is N#Cc1ccc(C(O)C(=O)O)cc1CC(=O)CBr. The quantitative estimate of drug-likeness (QED) is 0.796. The molecule has 0 bridgehead atoms. The average molecular weight is 312 g/mol. The van der Waals surface area contributed by atoms with Crippen molar-refractivity contribution in [2.24, 2.45) is 0 Å². The minimum absolute atomic E-state index is 0.0221. The number of rotatable bonds is 5. The van der Waals surface area contributed by atoms with E-state index in [0.717, 1.165) is 0 Å². The van der Waals surface area contributed by atoms with E-state index in [4.69, 9.17) is 10.4 Å². The molecule has 0 saturated carbocycles. The molecule has 5 nitrogen and oxygen atoms in total. The summed E-state index contributed by atoms with van der Waals surface area (Å²) < 4.78 is 0.